The number of hydrogen-bond acceptors (Lipinski definition) is 2. The second kappa shape index (κ2) is 6.98. The minimum Gasteiger partial charge on any atom is -0.463 e. The monoisotopic (exact) mass is 250 g/mol. The molecule has 0 saturated carbocycles. The van der Waals surface area contributed by atoms with Crippen molar-refractivity contribution in [2.45, 2.75) is 70.8 Å². The van der Waals surface area contributed by atoms with Crippen LogP contribution in [0.5, 0.6) is 0 Å². The predicted octanol–water partition coefficient (Wildman–Crippen LogP) is 4.82. The molecule has 0 spiro atoms. The molecule has 1 atom stereocenters. The van der Waals surface area contributed by atoms with Crippen LogP contribution in [0.3, 0.4) is 0 Å². The van der Waals surface area contributed by atoms with Gasteiger partial charge in [-0.2, -0.15) is 0 Å². The molecule has 0 N–H and O–H groups in total. The highest BCUT2D eigenvalue weighted by Gasteiger charge is 2.20. The van der Waals surface area contributed by atoms with E-state index in [0.717, 1.165) is 18.6 Å². The molecule has 0 saturated heterocycles. The molecule has 1 aliphatic rings. The van der Waals surface area contributed by atoms with Gasteiger partial charge in [-0.05, 0) is 37.3 Å². The van der Waals surface area contributed by atoms with Crippen LogP contribution in [0.1, 0.15) is 75.1 Å². The summed E-state index contributed by atoms with van der Waals surface area (Å²) < 4.78 is 11.6. The van der Waals surface area contributed by atoms with Crippen LogP contribution in [0.25, 0.3) is 0 Å². The SMILES string of the molecule is CCCCCCC(OC)c1cc2c(o1)CCCC2. The molecule has 0 fully saturated rings. The van der Waals surface area contributed by atoms with E-state index in [4.69, 9.17) is 9.15 Å². The molecule has 102 valence electrons. The lowest BCUT2D eigenvalue weighted by Crippen LogP contribution is -2.00. The Bertz CT molecular complexity index is 330. The second-order valence-corrected chi connectivity index (χ2v) is 5.38. The molecule has 0 aromatic carbocycles. The second-order valence-electron chi connectivity index (χ2n) is 5.38. The van der Waals surface area contributed by atoms with E-state index in [9.17, 15) is 0 Å². The number of fused-ring (bicyclic) bond motifs is 1. The molecule has 1 aromatic rings. The standard InChI is InChI=1S/C16H26O2/c1-3-4-5-6-11-15(17-2)16-12-13-9-7-8-10-14(13)18-16/h12,15H,3-11H2,1-2H3. The topological polar surface area (TPSA) is 22.4 Å². The fraction of sp³-hybridized carbons (Fsp3) is 0.750. The van der Waals surface area contributed by atoms with Crippen molar-refractivity contribution >= 4 is 0 Å². The van der Waals surface area contributed by atoms with Crippen LogP contribution >= 0.6 is 0 Å². The van der Waals surface area contributed by atoms with Gasteiger partial charge in [0.15, 0.2) is 0 Å². The number of furan rings is 1. The predicted molar refractivity (Wildman–Crippen MR) is 73.9 cm³/mol. The van der Waals surface area contributed by atoms with Gasteiger partial charge in [0.05, 0.1) is 0 Å². The maximum atomic E-state index is 5.99. The lowest BCUT2D eigenvalue weighted by molar-refractivity contribution is 0.0732. The lowest BCUT2D eigenvalue weighted by Gasteiger charge is -2.12. The molecule has 0 aliphatic heterocycles. The summed E-state index contributed by atoms with van der Waals surface area (Å²) in [7, 11) is 1.80. The molecule has 2 rings (SSSR count). The van der Waals surface area contributed by atoms with Gasteiger partial charge in [0.1, 0.15) is 17.6 Å². The van der Waals surface area contributed by atoms with E-state index in [0.29, 0.717) is 0 Å². The molecule has 18 heavy (non-hydrogen) atoms. The molecule has 1 unspecified atom stereocenters. The summed E-state index contributed by atoms with van der Waals surface area (Å²) in [6.07, 6.45) is 11.3. The van der Waals surface area contributed by atoms with Gasteiger partial charge < -0.3 is 9.15 Å². The fourth-order valence-corrected chi connectivity index (χ4v) is 2.81. The molecule has 1 heterocycles. The zero-order valence-electron chi connectivity index (χ0n) is 11.8. The molecular weight excluding hydrogens is 224 g/mol. The van der Waals surface area contributed by atoms with Crippen molar-refractivity contribution in [1.82, 2.24) is 0 Å². The Morgan fingerprint density at radius 3 is 2.78 bits per heavy atom. The first-order valence-corrected chi connectivity index (χ1v) is 7.49. The van der Waals surface area contributed by atoms with E-state index in [2.05, 4.69) is 13.0 Å². The van der Waals surface area contributed by atoms with Crippen molar-refractivity contribution in [3.8, 4) is 0 Å². The van der Waals surface area contributed by atoms with Crippen molar-refractivity contribution in [3.05, 3.63) is 23.2 Å². The minimum atomic E-state index is 0.160. The smallest absolute Gasteiger partial charge is 0.133 e. The summed E-state index contributed by atoms with van der Waals surface area (Å²) >= 11 is 0. The zero-order valence-corrected chi connectivity index (χ0v) is 11.8. The maximum absolute atomic E-state index is 5.99. The number of methoxy groups -OCH3 is 1. The summed E-state index contributed by atoms with van der Waals surface area (Å²) in [5.41, 5.74) is 1.42. The van der Waals surface area contributed by atoms with Gasteiger partial charge in [-0.3, -0.25) is 0 Å². The first-order valence-electron chi connectivity index (χ1n) is 7.49. The highest BCUT2D eigenvalue weighted by atomic mass is 16.5. The third kappa shape index (κ3) is 3.38. The molecule has 2 nitrogen and oxygen atoms in total. The quantitative estimate of drug-likeness (QED) is 0.647. The summed E-state index contributed by atoms with van der Waals surface area (Å²) in [6, 6.07) is 2.24. The summed E-state index contributed by atoms with van der Waals surface area (Å²) in [5.74, 6) is 2.27. The van der Waals surface area contributed by atoms with Crippen LogP contribution in [0, 0.1) is 0 Å². The van der Waals surface area contributed by atoms with Crippen molar-refractivity contribution < 1.29 is 9.15 Å². The summed E-state index contributed by atoms with van der Waals surface area (Å²) in [6.45, 7) is 2.24. The van der Waals surface area contributed by atoms with Crippen LogP contribution in [-0.2, 0) is 17.6 Å². The van der Waals surface area contributed by atoms with Crippen LogP contribution in [0.15, 0.2) is 10.5 Å². The van der Waals surface area contributed by atoms with E-state index in [-0.39, 0.29) is 6.10 Å². The van der Waals surface area contributed by atoms with Crippen LogP contribution in [0.4, 0.5) is 0 Å². The van der Waals surface area contributed by atoms with Gasteiger partial charge in [0.2, 0.25) is 0 Å². The largest absolute Gasteiger partial charge is 0.463 e. The molecule has 0 radical (unpaired) electrons. The van der Waals surface area contributed by atoms with Crippen LogP contribution in [-0.4, -0.2) is 7.11 Å². The Morgan fingerprint density at radius 2 is 2.06 bits per heavy atom. The van der Waals surface area contributed by atoms with Crippen molar-refractivity contribution in [2.24, 2.45) is 0 Å². The van der Waals surface area contributed by atoms with Gasteiger partial charge in [0.25, 0.3) is 0 Å². The number of ether oxygens (including phenoxy) is 1. The molecule has 1 aromatic heterocycles. The summed E-state index contributed by atoms with van der Waals surface area (Å²) in [5, 5.41) is 0. The lowest BCUT2D eigenvalue weighted by atomic mass is 9.98. The Balaban J connectivity index is 1.92. The number of hydrogen-bond donors (Lipinski definition) is 0. The minimum absolute atomic E-state index is 0.160. The third-order valence-corrected chi connectivity index (χ3v) is 3.94. The van der Waals surface area contributed by atoms with E-state index in [1.165, 1.54) is 56.3 Å². The van der Waals surface area contributed by atoms with E-state index in [1.807, 2.05) is 0 Å². The normalized spacial score (nSPS) is 16.6. The number of unbranched alkanes of at least 4 members (excludes halogenated alkanes) is 3. The Morgan fingerprint density at radius 1 is 1.22 bits per heavy atom. The van der Waals surface area contributed by atoms with Crippen LogP contribution in [0.2, 0.25) is 0 Å². The molecule has 0 bridgehead atoms. The zero-order chi connectivity index (χ0) is 12.8. The van der Waals surface area contributed by atoms with E-state index < -0.39 is 0 Å². The summed E-state index contributed by atoms with van der Waals surface area (Å²) in [4.78, 5) is 0. The average molecular weight is 250 g/mol. The molecule has 2 heteroatoms. The highest BCUT2D eigenvalue weighted by molar-refractivity contribution is 5.25. The molecular formula is C16H26O2. The van der Waals surface area contributed by atoms with Crippen LogP contribution < -0.4 is 0 Å². The van der Waals surface area contributed by atoms with E-state index >= 15 is 0 Å². The van der Waals surface area contributed by atoms with Crippen molar-refractivity contribution in [3.63, 3.8) is 0 Å². The van der Waals surface area contributed by atoms with Gasteiger partial charge >= 0.3 is 0 Å². The maximum Gasteiger partial charge on any atom is 0.133 e. The Hall–Kier alpha value is -0.760. The van der Waals surface area contributed by atoms with Gasteiger partial charge in [-0.1, -0.05) is 32.6 Å². The Labute approximate surface area is 111 Å². The highest BCUT2D eigenvalue weighted by Crippen LogP contribution is 2.31. The first kappa shape index (κ1) is 13.7. The first-order chi connectivity index (χ1) is 8.85. The number of aryl methyl sites for hydroxylation is 2. The van der Waals surface area contributed by atoms with E-state index in [1.54, 1.807) is 7.11 Å². The van der Waals surface area contributed by atoms with Gasteiger partial charge in [-0.15, -0.1) is 0 Å². The molecule has 1 aliphatic carbocycles. The average Bonchev–Trinajstić information content (AvgIpc) is 2.82. The Kier molecular flexibility index (Phi) is 5.30. The van der Waals surface area contributed by atoms with Crippen molar-refractivity contribution in [1.29, 1.82) is 0 Å². The van der Waals surface area contributed by atoms with Gasteiger partial charge in [0, 0.05) is 13.5 Å². The van der Waals surface area contributed by atoms with Crippen molar-refractivity contribution in [2.75, 3.05) is 7.11 Å². The third-order valence-electron chi connectivity index (χ3n) is 3.94. The number of rotatable bonds is 7. The fourth-order valence-electron chi connectivity index (χ4n) is 2.81. The van der Waals surface area contributed by atoms with Gasteiger partial charge in [-0.25, -0.2) is 0 Å². The molecule has 0 amide bonds.